The summed E-state index contributed by atoms with van der Waals surface area (Å²) in [4.78, 5) is 18.4. The van der Waals surface area contributed by atoms with Crippen LogP contribution in [0.5, 0.6) is 0 Å². The lowest BCUT2D eigenvalue weighted by molar-refractivity contribution is 0.00131. The zero-order chi connectivity index (χ0) is 20.0. The number of aromatic nitrogens is 2. The Morgan fingerprint density at radius 3 is 3.03 bits per heavy atom. The second-order valence-corrected chi connectivity index (χ2v) is 10.2. The number of hydrogen-bond acceptors (Lipinski definition) is 3. The van der Waals surface area contributed by atoms with Crippen LogP contribution in [0.25, 0.3) is 0 Å². The third kappa shape index (κ3) is 3.67. The van der Waals surface area contributed by atoms with Crippen molar-refractivity contribution in [1.82, 2.24) is 20.0 Å². The minimum absolute atomic E-state index is 0.131. The fourth-order valence-electron chi connectivity index (χ4n) is 6.39. The molecule has 0 saturated carbocycles. The Hall–Kier alpha value is -1.62. The number of carbonyl (C=O) groups is 1. The molecule has 3 saturated heterocycles. The molecule has 3 aliphatic heterocycles. The monoisotopic (exact) mass is 396 g/mol. The quantitative estimate of drug-likeness (QED) is 0.782. The van der Waals surface area contributed by atoms with Crippen molar-refractivity contribution in [1.29, 1.82) is 0 Å². The van der Waals surface area contributed by atoms with Crippen molar-refractivity contribution in [3.05, 3.63) is 29.1 Å². The molecule has 4 aliphatic rings. The van der Waals surface area contributed by atoms with Crippen LogP contribution < -0.4 is 0 Å². The van der Waals surface area contributed by atoms with Crippen molar-refractivity contribution in [2.24, 2.45) is 17.8 Å². The molecule has 1 aliphatic carbocycles. The van der Waals surface area contributed by atoms with Gasteiger partial charge in [0, 0.05) is 24.8 Å². The van der Waals surface area contributed by atoms with E-state index in [0.717, 1.165) is 37.5 Å². The van der Waals surface area contributed by atoms with Crippen molar-refractivity contribution in [3.8, 4) is 0 Å². The zero-order valence-electron chi connectivity index (χ0n) is 18.1. The lowest BCUT2D eigenvalue weighted by atomic mass is 9.68. The minimum atomic E-state index is 0.131. The summed E-state index contributed by atoms with van der Waals surface area (Å²) >= 11 is 0. The van der Waals surface area contributed by atoms with E-state index in [1.807, 2.05) is 6.07 Å². The van der Waals surface area contributed by atoms with Crippen LogP contribution in [0.15, 0.2) is 17.7 Å². The first-order valence-electron chi connectivity index (χ1n) is 11.9. The third-order valence-corrected chi connectivity index (χ3v) is 7.76. The molecule has 1 N–H and O–H groups in total. The maximum absolute atomic E-state index is 13.5. The Morgan fingerprint density at radius 1 is 1.28 bits per heavy atom. The number of carbonyl (C=O) groups excluding carboxylic acids is 1. The van der Waals surface area contributed by atoms with Crippen molar-refractivity contribution in [2.45, 2.75) is 77.3 Å². The van der Waals surface area contributed by atoms with Crippen LogP contribution in [0, 0.1) is 17.8 Å². The maximum Gasteiger partial charge on any atom is 0.274 e. The highest BCUT2D eigenvalue weighted by molar-refractivity contribution is 5.93. The molecule has 4 heterocycles. The summed E-state index contributed by atoms with van der Waals surface area (Å²) in [5, 5.41) is 7.52. The molecule has 29 heavy (non-hydrogen) atoms. The van der Waals surface area contributed by atoms with Crippen molar-refractivity contribution < 1.29 is 4.79 Å². The number of aromatic amines is 1. The van der Waals surface area contributed by atoms with Gasteiger partial charge in [-0.05, 0) is 75.3 Å². The summed E-state index contributed by atoms with van der Waals surface area (Å²) in [6.45, 7) is 7.77. The van der Waals surface area contributed by atoms with Gasteiger partial charge in [0.2, 0.25) is 0 Å². The van der Waals surface area contributed by atoms with Crippen molar-refractivity contribution in [2.75, 3.05) is 19.6 Å². The van der Waals surface area contributed by atoms with Gasteiger partial charge in [-0.25, -0.2) is 0 Å². The Labute approximate surface area is 174 Å². The summed E-state index contributed by atoms with van der Waals surface area (Å²) < 4.78 is 0. The molecule has 0 aromatic carbocycles. The van der Waals surface area contributed by atoms with E-state index in [4.69, 9.17) is 0 Å². The van der Waals surface area contributed by atoms with Crippen LogP contribution in [0.3, 0.4) is 0 Å². The normalized spacial score (nSPS) is 32.0. The molecule has 5 rings (SSSR count). The van der Waals surface area contributed by atoms with Crippen LogP contribution in [-0.2, 0) is 6.42 Å². The molecule has 4 unspecified atom stereocenters. The molecule has 1 aromatic heterocycles. The van der Waals surface area contributed by atoms with E-state index < -0.39 is 0 Å². The number of nitrogens with zero attached hydrogens (tertiary/aromatic N) is 3. The number of amides is 1. The van der Waals surface area contributed by atoms with Gasteiger partial charge >= 0.3 is 0 Å². The molecular formula is C24H36N4O. The van der Waals surface area contributed by atoms with E-state index in [9.17, 15) is 4.79 Å². The van der Waals surface area contributed by atoms with Gasteiger partial charge in [0.1, 0.15) is 5.69 Å². The Morgan fingerprint density at radius 2 is 2.17 bits per heavy atom. The predicted octanol–water partition coefficient (Wildman–Crippen LogP) is 4.03. The molecule has 0 radical (unpaired) electrons. The minimum Gasteiger partial charge on any atom is -0.330 e. The Balaban J connectivity index is 1.36. The molecular weight excluding hydrogens is 360 g/mol. The maximum atomic E-state index is 13.5. The smallest absolute Gasteiger partial charge is 0.274 e. The molecule has 2 bridgehead atoms. The number of fused-ring (bicyclic) bond motifs is 6. The number of rotatable bonds is 4. The van der Waals surface area contributed by atoms with Gasteiger partial charge in [-0.15, -0.1) is 0 Å². The van der Waals surface area contributed by atoms with Gasteiger partial charge in [-0.2, -0.15) is 5.10 Å². The molecule has 1 amide bonds. The standard InChI is InChI=1S/C24H36N4O/c1-16(2)8-9-20-14-21(26-25-20)24(29)28-11-5-6-17-12-18-13-19(23(17)28)15-27-10-4-3-7-22(18)27/h12,14,16,18-19,22-23H,3-11,13,15H2,1-2H3,(H,25,26). The summed E-state index contributed by atoms with van der Waals surface area (Å²) in [6.07, 6.45) is 12.3. The molecule has 5 nitrogen and oxygen atoms in total. The molecule has 0 spiro atoms. The van der Waals surface area contributed by atoms with Gasteiger partial charge in [-0.1, -0.05) is 31.9 Å². The van der Waals surface area contributed by atoms with Crippen molar-refractivity contribution >= 4 is 5.91 Å². The van der Waals surface area contributed by atoms with Crippen molar-refractivity contribution in [3.63, 3.8) is 0 Å². The third-order valence-electron chi connectivity index (χ3n) is 7.76. The van der Waals surface area contributed by atoms with E-state index in [1.54, 1.807) is 5.57 Å². The van der Waals surface area contributed by atoms with E-state index >= 15 is 0 Å². The topological polar surface area (TPSA) is 52.2 Å². The molecule has 1 aromatic rings. The summed E-state index contributed by atoms with van der Waals surface area (Å²) in [7, 11) is 0. The predicted molar refractivity (Wildman–Crippen MR) is 115 cm³/mol. The average Bonchev–Trinajstić information content (AvgIpc) is 3.20. The van der Waals surface area contributed by atoms with E-state index in [1.165, 1.54) is 45.2 Å². The molecule has 5 heteroatoms. The highest BCUT2D eigenvalue weighted by atomic mass is 16.2. The SMILES string of the molecule is CC(C)CCc1cc(C(=O)N2CCCC3=CC4CC(CN5CCCCC45)C32)n[nH]1. The fourth-order valence-corrected chi connectivity index (χ4v) is 6.39. The first-order valence-corrected chi connectivity index (χ1v) is 11.9. The molecule has 4 atom stereocenters. The van der Waals surface area contributed by atoms with Crippen LogP contribution in [0.1, 0.15) is 75.0 Å². The van der Waals surface area contributed by atoms with Gasteiger partial charge in [0.05, 0.1) is 6.04 Å². The van der Waals surface area contributed by atoms with E-state index in [2.05, 4.69) is 39.9 Å². The van der Waals surface area contributed by atoms with E-state index in [-0.39, 0.29) is 5.91 Å². The highest BCUT2D eigenvalue weighted by Crippen LogP contribution is 2.45. The summed E-state index contributed by atoms with van der Waals surface area (Å²) in [6, 6.07) is 3.05. The largest absolute Gasteiger partial charge is 0.330 e. The Bertz CT molecular complexity index is 782. The van der Waals surface area contributed by atoms with Gasteiger partial charge in [0.15, 0.2) is 0 Å². The van der Waals surface area contributed by atoms with Gasteiger partial charge in [-0.3, -0.25) is 14.8 Å². The second kappa shape index (κ2) is 7.90. The van der Waals surface area contributed by atoms with Crippen LogP contribution in [0.2, 0.25) is 0 Å². The lowest BCUT2D eigenvalue weighted by Crippen LogP contribution is -2.60. The number of likely N-dealkylation sites (tertiary alicyclic amines) is 1. The van der Waals surface area contributed by atoms with Crippen LogP contribution >= 0.6 is 0 Å². The molecule has 158 valence electrons. The van der Waals surface area contributed by atoms with Crippen LogP contribution in [-0.4, -0.2) is 57.6 Å². The van der Waals surface area contributed by atoms with Crippen LogP contribution in [0.4, 0.5) is 0 Å². The first kappa shape index (κ1) is 19.3. The fraction of sp³-hybridized carbons (Fsp3) is 0.750. The number of aryl methyl sites for hydroxylation is 1. The number of H-pyrrole nitrogens is 1. The number of piperidine rings is 3. The number of nitrogens with one attached hydrogen (secondary N) is 1. The van der Waals surface area contributed by atoms with Gasteiger partial charge in [0.25, 0.3) is 5.91 Å². The van der Waals surface area contributed by atoms with E-state index in [0.29, 0.717) is 29.5 Å². The second-order valence-electron chi connectivity index (χ2n) is 10.2. The highest BCUT2D eigenvalue weighted by Gasteiger charge is 2.47. The average molecular weight is 397 g/mol. The zero-order valence-corrected chi connectivity index (χ0v) is 18.1. The summed E-state index contributed by atoms with van der Waals surface area (Å²) in [5.74, 6) is 2.10. The lowest BCUT2D eigenvalue weighted by Gasteiger charge is -2.54. The van der Waals surface area contributed by atoms with Gasteiger partial charge < -0.3 is 4.90 Å². The Kier molecular flexibility index (Phi) is 5.27. The first-order chi connectivity index (χ1) is 14.1. The molecule has 3 fully saturated rings. The number of hydrogen-bond donors (Lipinski definition) is 1. The summed E-state index contributed by atoms with van der Waals surface area (Å²) in [5.41, 5.74) is 3.25.